The van der Waals surface area contributed by atoms with Crippen LogP contribution in [0.15, 0.2) is 24.3 Å². The van der Waals surface area contributed by atoms with E-state index < -0.39 is 0 Å². The molecule has 1 aromatic rings. The van der Waals surface area contributed by atoms with Gasteiger partial charge in [-0.2, -0.15) is 0 Å². The van der Waals surface area contributed by atoms with Gasteiger partial charge in [-0.25, -0.2) is 0 Å². The maximum absolute atomic E-state index is 12.6. The van der Waals surface area contributed by atoms with Crippen LogP contribution in [-0.2, 0) is 4.79 Å². The minimum atomic E-state index is 0.236. The Morgan fingerprint density at radius 1 is 1.00 bits per heavy atom. The number of anilines is 1. The van der Waals surface area contributed by atoms with Gasteiger partial charge in [-0.3, -0.25) is 9.69 Å². The Morgan fingerprint density at radius 3 is 2.21 bits per heavy atom. The number of nitrogens with zero attached hydrogens (tertiary/aromatic N) is 2. The van der Waals surface area contributed by atoms with Gasteiger partial charge >= 0.3 is 0 Å². The number of rotatable bonds is 5. The lowest BCUT2D eigenvalue weighted by Crippen LogP contribution is -2.53. The molecule has 28 heavy (non-hydrogen) atoms. The Balaban J connectivity index is 1.09. The highest BCUT2D eigenvalue weighted by atomic mass is 16.2. The number of piperazine rings is 1. The van der Waals surface area contributed by atoms with E-state index in [4.69, 9.17) is 0 Å². The van der Waals surface area contributed by atoms with Crippen LogP contribution in [0.2, 0.25) is 0 Å². The molecule has 1 N–H and O–H groups in total. The van der Waals surface area contributed by atoms with Crippen LogP contribution in [0.5, 0.6) is 0 Å². The molecular weight excluding hydrogens is 346 g/mol. The van der Waals surface area contributed by atoms with Crippen LogP contribution in [0.4, 0.5) is 5.69 Å². The van der Waals surface area contributed by atoms with Crippen LogP contribution in [0, 0.1) is 30.1 Å². The molecule has 1 aliphatic heterocycles. The third-order valence-electron chi connectivity index (χ3n) is 8.02. The molecule has 5 aliphatic rings. The molecule has 1 saturated heterocycles. The van der Waals surface area contributed by atoms with E-state index in [0.717, 1.165) is 50.5 Å². The Morgan fingerprint density at radius 2 is 1.61 bits per heavy atom. The van der Waals surface area contributed by atoms with Gasteiger partial charge in [0.1, 0.15) is 0 Å². The highest BCUT2D eigenvalue weighted by Gasteiger charge is 2.50. The first-order valence-electron chi connectivity index (χ1n) is 11.4. The fraction of sp³-hybridized carbons (Fsp3) is 0.708. The van der Waals surface area contributed by atoms with Gasteiger partial charge in [0.15, 0.2) is 0 Å². The number of carbonyl (C=O) groups excluding carboxylic acids is 1. The van der Waals surface area contributed by atoms with Crippen LogP contribution in [0.3, 0.4) is 0 Å². The second-order valence-corrected chi connectivity index (χ2v) is 10.2. The summed E-state index contributed by atoms with van der Waals surface area (Å²) in [6.45, 7) is 7.63. The number of amides is 1. The molecule has 4 bridgehead atoms. The molecule has 4 aliphatic carbocycles. The number of para-hydroxylation sites is 1. The van der Waals surface area contributed by atoms with Gasteiger partial charge in [0, 0.05) is 38.4 Å². The third kappa shape index (κ3) is 3.68. The zero-order valence-corrected chi connectivity index (χ0v) is 17.3. The smallest absolute Gasteiger partial charge is 0.234 e. The molecule has 0 aromatic heterocycles. The van der Waals surface area contributed by atoms with Crippen molar-refractivity contribution in [1.29, 1.82) is 0 Å². The van der Waals surface area contributed by atoms with E-state index in [1.165, 1.54) is 49.8 Å². The van der Waals surface area contributed by atoms with E-state index in [1.807, 2.05) is 0 Å². The van der Waals surface area contributed by atoms with Crippen molar-refractivity contribution < 1.29 is 4.79 Å². The normalized spacial score (nSPS) is 34.6. The van der Waals surface area contributed by atoms with Crippen molar-refractivity contribution in [3.63, 3.8) is 0 Å². The van der Waals surface area contributed by atoms with Gasteiger partial charge in [-0.05, 0) is 80.2 Å². The van der Waals surface area contributed by atoms with Crippen molar-refractivity contribution in [2.75, 3.05) is 44.2 Å². The van der Waals surface area contributed by atoms with Crippen LogP contribution in [0.25, 0.3) is 0 Å². The highest BCUT2D eigenvalue weighted by molar-refractivity contribution is 5.78. The molecule has 1 heterocycles. The Labute approximate surface area is 169 Å². The summed E-state index contributed by atoms with van der Waals surface area (Å²) < 4.78 is 0. The van der Waals surface area contributed by atoms with Gasteiger partial charge < -0.3 is 10.2 Å². The van der Waals surface area contributed by atoms with Crippen LogP contribution in [-0.4, -0.2) is 50.1 Å². The average molecular weight is 382 g/mol. The molecule has 4 heteroatoms. The summed E-state index contributed by atoms with van der Waals surface area (Å²) in [7, 11) is 0. The SMILES string of the molecule is Cc1ccccc1N1CCN(CC(=O)NCC23CC4CC(CC(C4)C2)C3)CC1. The first-order valence-corrected chi connectivity index (χ1v) is 11.4. The van der Waals surface area contributed by atoms with Gasteiger partial charge in [-0.1, -0.05) is 18.2 Å². The molecule has 5 fully saturated rings. The topological polar surface area (TPSA) is 35.6 Å². The van der Waals surface area contributed by atoms with E-state index in [0.29, 0.717) is 12.0 Å². The van der Waals surface area contributed by atoms with E-state index in [1.54, 1.807) is 0 Å². The van der Waals surface area contributed by atoms with Crippen molar-refractivity contribution in [3.05, 3.63) is 29.8 Å². The van der Waals surface area contributed by atoms with Crippen molar-refractivity contribution in [1.82, 2.24) is 10.2 Å². The number of benzene rings is 1. The molecule has 0 spiro atoms. The lowest BCUT2D eigenvalue weighted by atomic mass is 9.49. The summed E-state index contributed by atoms with van der Waals surface area (Å²) in [6, 6.07) is 8.61. The van der Waals surface area contributed by atoms with Crippen LogP contribution in [0.1, 0.15) is 44.1 Å². The molecule has 1 aromatic carbocycles. The van der Waals surface area contributed by atoms with E-state index in [9.17, 15) is 4.79 Å². The Bertz CT molecular complexity index is 687. The monoisotopic (exact) mass is 381 g/mol. The number of hydrogen-bond donors (Lipinski definition) is 1. The lowest BCUT2D eigenvalue weighted by molar-refractivity contribution is -0.124. The first kappa shape index (κ1) is 18.5. The van der Waals surface area contributed by atoms with Gasteiger partial charge in [0.2, 0.25) is 5.91 Å². The summed E-state index contributed by atoms with van der Waals surface area (Å²) in [5, 5.41) is 3.34. The minimum Gasteiger partial charge on any atom is -0.369 e. The highest BCUT2D eigenvalue weighted by Crippen LogP contribution is 2.59. The molecule has 0 radical (unpaired) electrons. The second-order valence-electron chi connectivity index (χ2n) is 10.2. The summed E-state index contributed by atoms with van der Waals surface area (Å²) in [5.41, 5.74) is 3.12. The summed E-state index contributed by atoms with van der Waals surface area (Å²) in [5.74, 6) is 3.10. The first-order chi connectivity index (χ1) is 13.6. The van der Waals surface area contributed by atoms with Crippen molar-refractivity contribution in [2.45, 2.75) is 45.4 Å². The van der Waals surface area contributed by atoms with Gasteiger partial charge in [0.05, 0.1) is 6.54 Å². The quantitative estimate of drug-likeness (QED) is 0.849. The number of aryl methyl sites for hydroxylation is 1. The van der Waals surface area contributed by atoms with Crippen molar-refractivity contribution in [2.24, 2.45) is 23.2 Å². The fourth-order valence-electron chi connectivity index (χ4n) is 7.12. The zero-order valence-electron chi connectivity index (χ0n) is 17.3. The molecule has 152 valence electrons. The lowest BCUT2D eigenvalue weighted by Gasteiger charge is -2.57. The number of hydrogen-bond acceptors (Lipinski definition) is 3. The third-order valence-corrected chi connectivity index (χ3v) is 8.02. The van der Waals surface area contributed by atoms with E-state index in [-0.39, 0.29) is 5.91 Å². The van der Waals surface area contributed by atoms with Gasteiger partial charge in [-0.15, -0.1) is 0 Å². The molecular formula is C24H35N3O. The standard InChI is InChI=1S/C24H35N3O/c1-18-4-2-3-5-22(18)27-8-6-26(7-9-27)16-23(28)25-17-24-13-19-10-20(14-24)12-21(11-19)15-24/h2-5,19-21H,6-17H2,1H3,(H,25,28). The maximum atomic E-state index is 12.6. The molecule has 4 nitrogen and oxygen atoms in total. The molecule has 4 saturated carbocycles. The fourth-order valence-corrected chi connectivity index (χ4v) is 7.12. The van der Waals surface area contributed by atoms with E-state index in [2.05, 4.69) is 46.3 Å². The van der Waals surface area contributed by atoms with Crippen LogP contribution < -0.4 is 10.2 Å². The summed E-state index contributed by atoms with van der Waals surface area (Å²) in [6.07, 6.45) is 8.52. The summed E-state index contributed by atoms with van der Waals surface area (Å²) in [4.78, 5) is 17.4. The molecule has 1 amide bonds. The Hall–Kier alpha value is -1.55. The van der Waals surface area contributed by atoms with Crippen molar-refractivity contribution >= 4 is 11.6 Å². The van der Waals surface area contributed by atoms with E-state index >= 15 is 0 Å². The Kier molecular flexibility index (Phi) is 4.86. The van der Waals surface area contributed by atoms with Gasteiger partial charge in [0.25, 0.3) is 0 Å². The second kappa shape index (κ2) is 7.37. The average Bonchev–Trinajstić information content (AvgIpc) is 2.67. The zero-order chi connectivity index (χ0) is 19.1. The maximum Gasteiger partial charge on any atom is 0.234 e. The predicted molar refractivity (Wildman–Crippen MR) is 113 cm³/mol. The minimum absolute atomic E-state index is 0.236. The number of nitrogens with one attached hydrogen (secondary N) is 1. The predicted octanol–water partition coefficient (Wildman–Crippen LogP) is 3.45. The van der Waals surface area contributed by atoms with Crippen LogP contribution >= 0.6 is 0 Å². The summed E-state index contributed by atoms with van der Waals surface area (Å²) >= 11 is 0. The largest absolute Gasteiger partial charge is 0.369 e. The molecule has 0 unspecified atom stereocenters. The molecule has 0 atom stereocenters. The van der Waals surface area contributed by atoms with Crippen molar-refractivity contribution in [3.8, 4) is 0 Å². The number of carbonyl (C=O) groups is 1. The molecule has 6 rings (SSSR count).